The quantitative estimate of drug-likeness (QED) is 0.820. The number of nitrogens with zero attached hydrogens (tertiary/aromatic N) is 1. The second-order valence-electron chi connectivity index (χ2n) is 3.70. The van der Waals surface area contributed by atoms with Crippen molar-refractivity contribution in [2.45, 2.75) is 0 Å². The molecule has 0 atom stereocenters. The second kappa shape index (κ2) is 4.97. The van der Waals surface area contributed by atoms with Gasteiger partial charge in [0.05, 0.1) is 17.4 Å². The van der Waals surface area contributed by atoms with Crippen molar-refractivity contribution in [1.82, 2.24) is 4.98 Å². The van der Waals surface area contributed by atoms with Crippen LogP contribution in [0.5, 0.6) is 0 Å². The van der Waals surface area contributed by atoms with Crippen LogP contribution in [0, 0.1) is 17.5 Å². The highest BCUT2D eigenvalue weighted by atomic mass is 19.1. The number of rotatable bonds is 2. The number of nitrogens with two attached hydrogens (primary N) is 1. The van der Waals surface area contributed by atoms with Gasteiger partial charge in [0.2, 0.25) is 0 Å². The first kappa shape index (κ1) is 12.9. The maximum Gasteiger partial charge on any atom is 0.257 e. The zero-order valence-corrected chi connectivity index (χ0v) is 9.45. The maximum absolute atomic E-state index is 13.4. The third-order valence-electron chi connectivity index (χ3n) is 2.29. The lowest BCUT2D eigenvalue weighted by molar-refractivity contribution is 0.102. The number of hydrogen-bond donors (Lipinski definition) is 2. The lowest BCUT2D eigenvalue weighted by Gasteiger charge is -2.09. The van der Waals surface area contributed by atoms with Gasteiger partial charge >= 0.3 is 0 Å². The summed E-state index contributed by atoms with van der Waals surface area (Å²) in [6, 6.07) is 2.37. The van der Waals surface area contributed by atoms with E-state index in [0.717, 1.165) is 24.5 Å². The van der Waals surface area contributed by atoms with Gasteiger partial charge in [0.1, 0.15) is 17.3 Å². The summed E-state index contributed by atoms with van der Waals surface area (Å²) in [5.41, 5.74) is 4.65. The van der Waals surface area contributed by atoms with Crippen molar-refractivity contribution in [2.75, 3.05) is 11.1 Å². The monoisotopic (exact) mass is 267 g/mol. The Labute approximate surface area is 106 Å². The van der Waals surface area contributed by atoms with E-state index in [1.165, 1.54) is 0 Å². The van der Waals surface area contributed by atoms with E-state index in [2.05, 4.69) is 10.3 Å². The molecule has 2 aromatic rings. The molecule has 0 aliphatic rings. The topological polar surface area (TPSA) is 68.0 Å². The van der Waals surface area contributed by atoms with E-state index in [9.17, 15) is 18.0 Å². The van der Waals surface area contributed by atoms with Crippen molar-refractivity contribution in [2.24, 2.45) is 0 Å². The number of aromatic nitrogens is 1. The van der Waals surface area contributed by atoms with Crippen LogP contribution in [0.1, 0.15) is 10.4 Å². The molecule has 7 heteroatoms. The van der Waals surface area contributed by atoms with Gasteiger partial charge < -0.3 is 11.1 Å². The lowest BCUT2D eigenvalue weighted by Crippen LogP contribution is -2.15. The largest absolute Gasteiger partial charge is 0.397 e. The van der Waals surface area contributed by atoms with Crippen LogP contribution in [0.4, 0.5) is 24.5 Å². The second-order valence-corrected chi connectivity index (χ2v) is 3.70. The van der Waals surface area contributed by atoms with Gasteiger partial charge in [0.15, 0.2) is 5.82 Å². The van der Waals surface area contributed by atoms with Gasteiger partial charge in [0.25, 0.3) is 5.91 Å². The molecule has 0 fully saturated rings. The number of nitrogen functional groups attached to an aromatic ring is 1. The fraction of sp³-hybridized carbons (Fsp3) is 0. The number of carbonyl (C=O) groups is 1. The van der Waals surface area contributed by atoms with Gasteiger partial charge in [-0.3, -0.25) is 9.78 Å². The van der Waals surface area contributed by atoms with Crippen molar-refractivity contribution in [3.8, 4) is 0 Å². The molecule has 0 bridgehead atoms. The number of benzene rings is 1. The number of amides is 1. The summed E-state index contributed by atoms with van der Waals surface area (Å²) in [6.45, 7) is 0. The zero-order valence-electron chi connectivity index (χ0n) is 9.45. The predicted octanol–water partition coefficient (Wildman–Crippen LogP) is 2.33. The minimum atomic E-state index is -1.02. The van der Waals surface area contributed by atoms with E-state index >= 15 is 0 Å². The van der Waals surface area contributed by atoms with Crippen LogP contribution >= 0.6 is 0 Å². The molecule has 0 saturated carbocycles. The first-order valence-corrected chi connectivity index (χ1v) is 5.14. The Morgan fingerprint density at radius 2 is 1.84 bits per heavy atom. The number of nitrogens with one attached hydrogen (secondary N) is 1. The lowest BCUT2D eigenvalue weighted by atomic mass is 10.2. The maximum atomic E-state index is 13.4. The Balaban J connectivity index is 2.29. The minimum Gasteiger partial charge on any atom is -0.397 e. The highest BCUT2D eigenvalue weighted by Crippen LogP contribution is 2.24. The van der Waals surface area contributed by atoms with Crippen LogP contribution in [-0.2, 0) is 0 Å². The summed E-state index contributed by atoms with van der Waals surface area (Å²) in [5.74, 6) is -3.39. The molecule has 0 saturated heterocycles. The van der Waals surface area contributed by atoms with E-state index in [0.29, 0.717) is 6.07 Å². The Hall–Kier alpha value is -2.57. The van der Waals surface area contributed by atoms with Gasteiger partial charge in [0, 0.05) is 12.3 Å². The highest BCUT2D eigenvalue weighted by molar-refractivity contribution is 6.05. The van der Waals surface area contributed by atoms with Crippen LogP contribution in [0.25, 0.3) is 0 Å². The first-order valence-electron chi connectivity index (χ1n) is 5.14. The molecule has 19 heavy (non-hydrogen) atoms. The Kier molecular flexibility index (Phi) is 3.37. The number of carbonyl (C=O) groups excluding carboxylic acids is 1. The van der Waals surface area contributed by atoms with Gasteiger partial charge in [-0.1, -0.05) is 0 Å². The van der Waals surface area contributed by atoms with Crippen LogP contribution in [0.2, 0.25) is 0 Å². The average Bonchev–Trinajstić information content (AvgIpc) is 2.33. The molecule has 1 aromatic carbocycles. The van der Waals surface area contributed by atoms with Gasteiger partial charge in [-0.2, -0.15) is 0 Å². The number of hydrogen-bond acceptors (Lipinski definition) is 3. The summed E-state index contributed by atoms with van der Waals surface area (Å²) in [5, 5.41) is 2.14. The molecule has 1 aromatic heterocycles. The molecular weight excluding hydrogens is 259 g/mol. The minimum absolute atomic E-state index is 0.108. The summed E-state index contributed by atoms with van der Waals surface area (Å²) < 4.78 is 39.2. The standard InChI is InChI=1S/C12H8F3N3O/c13-7-2-9(15)11(10(16)3-7)18-12(19)6-1-8(14)5-17-4-6/h1-5H,16H2,(H,18,19). The average molecular weight is 267 g/mol. The molecule has 4 nitrogen and oxygen atoms in total. The molecule has 0 spiro atoms. The van der Waals surface area contributed by atoms with Crippen LogP contribution in [-0.4, -0.2) is 10.9 Å². The molecule has 0 aliphatic carbocycles. The van der Waals surface area contributed by atoms with E-state index in [-0.39, 0.29) is 16.9 Å². The molecule has 0 unspecified atom stereocenters. The van der Waals surface area contributed by atoms with Crippen molar-refractivity contribution >= 4 is 17.3 Å². The van der Waals surface area contributed by atoms with E-state index in [1.807, 2.05) is 0 Å². The fourth-order valence-electron chi connectivity index (χ4n) is 1.45. The summed E-state index contributed by atoms with van der Waals surface area (Å²) >= 11 is 0. The smallest absolute Gasteiger partial charge is 0.257 e. The van der Waals surface area contributed by atoms with Crippen molar-refractivity contribution in [1.29, 1.82) is 0 Å². The van der Waals surface area contributed by atoms with E-state index < -0.39 is 23.4 Å². The van der Waals surface area contributed by atoms with E-state index in [4.69, 9.17) is 5.73 Å². The molecule has 0 aliphatic heterocycles. The van der Waals surface area contributed by atoms with Crippen molar-refractivity contribution in [3.05, 3.63) is 53.6 Å². The third-order valence-corrected chi connectivity index (χ3v) is 2.29. The molecule has 2 rings (SSSR count). The first-order chi connectivity index (χ1) is 8.97. The van der Waals surface area contributed by atoms with Gasteiger partial charge in [-0.25, -0.2) is 13.2 Å². The highest BCUT2D eigenvalue weighted by Gasteiger charge is 2.14. The summed E-state index contributed by atoms with van der Waals surface area (Å²) in [4.78, 5) is 15.2. The van der Waals surface area contributed by atoms with Crippen molar-refractivity contribution in [3.63, 3.8) is 0 Å². The van der Waals surface area contributed by atoms with Gasteiger partial charge in [-0.05, 0) is 12.1 Å². The van der Waals surface area contributed by atoms with Crippen LogP contribution in [0.3, 0.4) is 0 Å². The molecule has 1 heterocycles. The fourth-order valence-corrected chi connectivity index (χ4v) is 1.45. The molecule has 1 amide bonds. The molecular formula is C12H8F3N3O. The van der Waals surface area contributed by atoms with Gasteiger partial charge in [-0.15, -0.1) is 0 Å². The Bertz CT molecular complexity index is 623. The SMILES string of the molecule is Nc1cc(F)cc(F)c1NC(=O)c1cncc(F)c1. The Morgan fingerprint density at radius 1 is 1.11 bits per heavy atom. The van der Waals surface area contributed by atoms with Crippen LogP contribution < -0.4 is 11.1 Å². The van der Waals surface area contributed by atoms with Crippen LogP contribution in [0.15, 0.2) is 30.6 Å². The number of halogens is 3. The normalized spacial score (nSPS) is 10.3. The molecule has 3 N–H and O–H groups in total. The number of anilines is 2. The van der Waals surface area contributed by atoms with E-state index in [1.54, 1.807) is 0 Å². The Morgan fingerprint density at radius 3 is 2.47 bits per heavy atom. The number of pyridine rings is 1. The zero-order chi connectivity index (χ0) is 14.0. The van der Waals surface area contributed by atoms with Crippen molar-refractivity contribution < 1.29 is 18.0 Å². The molecule has 98 valence electrons. The summed E-state index contributed by atoms with van der Waals surface area (Å²) in [6.07, 6.45) is 2.03. The summed E-state index contributed by atoms with van der Waals surface area (Å²) in [7, 11) is 0. The molecule has 0 radical (unpaired) electrons. The predicted molar refractivity (Wildman–Crippen MR) is 62.9 cm³/mol. The third kappa shape index (κ3) is 2.82.